The molecule has 2 heterocycles. The average molecular weight is 334 g/mol. The summed E-state index contributed by atoms with van der Waals surface area (Å²) in [5.74, 6) is 0.908. The second-order valence-corrected chi connectivity index (χ2v) is 7.69. The van der Waals surface area contributed by atoms with Crippen LogP contribution < -0.4 is 5.46 Å². The standard InChI is InChI=1S/C21H23BO3/c1-20(2)21(3,4)25-22(24-20)19-16-12-8-9-13-17(16)23-18(19)14-15-10-6-5-7-11-15/h5-13H,14H2,1-4H3. The third kappa shape index (κ3) is 2.80. The molecule has 0 bridgehead atoms. The second-order valence-electron chi connectivity index (χ2n) is 7.69. The Balaban J connectivity index is 1.81. The van der Waals surface area contributed by atoms with Crippen LogP contribution in [0.4, 0.5) is 0 Å². The zero-order valence-corrected chi connectivity index (χ0v) is 15.2. The normalized spacial score (nSPS) is 18.8. The lowest BCUT2D eigenvalue weighted by Gasteiger charge is -2.32. The van der Waals surface area contributed by atoms with Gasteiger partial charge in [-0.3, -0.25) is 0 Å². The molecule has 1 aliphatic heterocycles. The van der Waals surface area contributed by atoms with Gasteiger partial charge in [-0.25, -0.2) is 0 Å². The van der Waals surface area contributed by atoms with Gasteiger partial charge in [0.15, 0.2) is 0 Å². The molecule has 4 rings (SSSR count). The summed E-state index contributed by atoms with van der Waals surface area (Å²) in [6.07, 6.45) is 0.717. The van der Waals surface area contributed by atoms with E-state index in [1.165, 1.54) is 5.56 Å². The minimum Gasteiger partial charge on any atom is -0.461 e. The Morgan fingerprint density at radius 1 is 0.800 bits per heavy atom. The lowest BCUT2D eigenvalue weighted by Crippen LogP contribution is -2.41. The minimum atomic E-state index is -0.424. The Bertz CT molecular complexity index is 880. The lowest BCUT2D eigenvalue weighted by atomic mass is 9.76. The van der Waals surface area contributed by atoms with Gasteiger partial charge in [0.05, 0.1) is 11.2 Å². The quantitative estimate of drug-likeness (QED) is 0.669. The molecule has 128 valence electrons. The first-order chi connectivity index (χ1) is 11.9. The van der Waals surface area contributed by atoms with Crippen molar-refractivity contribution in [1.82, 2.24) is 0 Å². The summed E-state index contributed by atoms with van der Waals surface area (Å²) >= 11 is 0. The van der Waals surface area contributed by atoms with Crippen LogP contribution in [0.25, 0.3) is 11.0 Å². The van der Waals surface area contributed by atoms with E-state index in [0.29, 0.717) is 0 Å². The van der Waals surface area contributed by atoms with Gasteiger partial charge in [-0.2, -0.15) is 0 Å². The molecule has 1 saturated heterocycles. The van der Waals surface area contributed by atoms with E-state index in [9.17, 15) is 0 Å². The third-order valence-electron chi connectivity index (χ3n) is 5.41. The number of para-hydroxylation sites is 1. The van der Waals surface area contributed by atoms with Gasteiger partial charge in [-0.1, -0.05) is 48.5 Å². The molecule has 0 unspecified atom stereocenters. The maximum absolute atomic E-state index is 6.31. The fraction of sp³-hybridized carbons (Fsp3) is 0.333. The highest BCUT2D eigenvalue weighted by Gasteiger charge is 2.53. The number of fused-ring (bicyclic) bond motifs is 1. The molecule has 0 atom stereocenters. The highest BCUT2D eigenvalue weighted by atomic mass is 16.7. The third-order valence-corrected chi connectivity index (χ3v) is 5.41. The predicted molar refractivity (Wildman–Crippen MR) is 101 cm³/mol. The maximum Gasteiger partial charge on any atom is 0.499 e. The summed E-state index contributed by atoms with van der Waals surface area (Å²) in [5, 5.41) is 1.06. The number of hydrogen-bond donors (Lipinski definition) is 0. The molecular weight excluding hydrogens is 311 g/mol. The summed E-state index contributed by atoms with van der Waals surface area (Å²) in [6, 6.07) is 18.4. The minimum absolute atomic E-state index is 0.375. The van der Waals surface area contributed by atoms with E-state index in [4.69, 9.17) is 13.7 Å². The van der Waals surface area contributed by atoms with Gasteiger partial charge in [-0.05, 0) is 39.3 Å². The van der Waals surface area contributed by atoms with Gasteiger partial charge in [0.1, 0.15) is 11.3 Å². The SMILES string of the molecule is CC1(C)OB(c2c(Cc3ccccc3)oc3ccccc23)OC1(C)C. The molecule has 0 amide bonds. The molecule has 0 aliphatic carbocycles. The van der Waals surface area contributed by atoms with Crippen LogP contribution in [-0.4, -0.2) is 18.3 Å². The molecule has 0 radical (unpaired) electrons. The predicted octanol–water partition coefficient (Wildman–Crippen LogP) is 4.32. The largest absolute Gasteiger partial charge is 0.499 e. The zero-order chi connectivity index (χ0) is 17.7. The molecule has 0 N–H and O–H groups in total. The van der Waals surface area contributed by atoms with Crippen molar-refractivity contribution in [2.24, 2.45) is 0 Å². The molecule has 0 saturated carbocycles. The molecule has 1 fully saturated rings. The molecular formula is C21H23BO3. The highest BCUT2D eigenvalue weighted by Crippen LogP contribution is 2.37. The Morgan fingerprint density at radius 3 is 2.08 bits per heavy atom. The molecule has 2 aromatic carbocycles. The molecule has 4 heteroatoms. The van der Waals surface area contributed by atoms with Crippen LogP contribution in [0.5, 0.6) is 0 Å². The van der Waals surface area contributed by atoms with Crippen molar-refractivity contribution < 1.29 is 13.7 Å². The first-order valence-electron chi connectivity index (χ1n) is 8.77. The molecule has 0 spiro atoms. The van der Waals surface area contributed by atoms with Crippen LogP contribution in [0.2, 0.25) is 0 Å². The number of rotatable bonds is 3. The van der Waals surface area contributed by atoms with Crippen LogP contribution in [-0.2, 0) is 15.7 Å². The Kier molecular flexibility index (Phi) is 3.78. The van der Waals surface area contributed by atoms with Gasteiger partial charge in [-0.15, -0.1) is 0 Å². The molecule has 3 aromatic rings. The Morgan fingerprint density at radius 2 is 1.40 bits per heavy atom. The van der Waals surface area contributed by atoms with Gasteiger partial charge < -0.3 is 13.7 Å². The Labute approximate surface area is 149 Å². The fourth-order valence-electron chi connectivity index (χ4n) is 3.25. The molecule has 1 aromatic heterocycles. The summed E-state index contributed by atoms with van der Waals surface area (Å²) in [4.78, 5) is 0. The van der Waals surface area contributed by atoms with Crippen molar-refractivity contribution in [3.05, 3.63) is 65.9 Å². The fourth-order valence-corrected chi connectivity index (χ4v) is 3.25. The average Bonchev–Trinajstić information content (AvgIpc) is 3.02. The first kappa shape index (κ1) is 16.4. The van der Waals surface area contributed by atoms with E-state index in [1.807, 2.05) is 36.4 Å². The molecule has 3 nitrogen and oxygen atoms in total. The summed E-state index contributed by atoms with van der Waals surface area (Å²) in [6.45, 7) is 8.30. The zero-order valence-electron chi connectivity index (χ0n) is 15.2. The van der Waals surface area contributed by atoms with E-state index in [-0.39, 0.29) is 11.2 Å². The van der Waals surface area contributed by atoms with E-state index in [0.717, 1.165) is 28.6 Å². The summed E-state index contributed by atoms with van der Waals surface area (Å²) in [7, 11) is -0.424. The Hall–Kier alpha value is -2.04. The van der Waals surface area contributed by atoms with Gasteiger partial charge in [0.25, 0.3) is 0 Å². The van der Waals surface area contributed by atoms with Crippen LogP contribution in [0, 0.1) is 0 Å². The van der Waals surface area contributed by atoms with Crippen molar-refractivity contribution in [1.29, 1.82) is 0 Å². The van der Waals surface area contributed by atoms with Crippen molar-refractivity contribution in [2.75, 3.05) is 0 Å². The monoisotopic (exact) mass is 334 g/mol. The first-order valence-corrected chi connectivity index (χ1v) is 8.77. The van der Waals surface area contributed by atoms with Crippen LogP contribution >= 0.6 is 0 Å². The maximum atomic E-state index is 6.31. The number of benzene rings is 2. The number of furan rings is 1. The highest BCUT2D eigenvalue weighted by molar-refractivity contribution is 6.65. The van der Waals surface area contributed by atoms with Crippen LogP contribution in [0.1, 0.15) is 39.0 Å². The number of hydrogen-bond acceptors (Lipinski definition) is 3. The molecule has 1 aliphatic rings. The van der Waals surface area contributed by atoms with Gasteiger partial charge >= 0.3 is 7.12 Å². The van der Waals surface area contributed by atoms with E-state index in [2.05, 4.69) is 45.9 Å². The molecule has 25 heavy (non-hydrogen) atoms. The van der Waals surface area contributed by atoms with E-state index >= 15 is 0 Å². The van der Waals surface area contributed by atoms with Crippen molar-refractivity contribution in [3.8, 4) is 0 Å². The van der Waals surface area contributed by atoms with Crippen LogP contribution in [0.15, 0.2) is 59.0 Å². The smallest absolute Gasteiger partial charge is 0.461 e. The lowest BCUT2D eigenvalue weighted by molar-refractivity contribution is 0.00578. The van der Waals surface area contributed by atoms with Crippen molar-refractivity contribution >= 4 is 23.6 Å². The summed E-state index contributed by atoms with van der Waals surface area (Å²) < 4.78 is 18.8. The van der Waals surface area contributed by atoms with E-state index in [1.54, 1.807) is 0 Å². The van der Waals surface area contributed by atoms with Gasteiger partial charge in [0, 0.05) is 17.3 Å². The van der Waals surface area contributed by atoms with E-state index < -0.39 is 7.12 Å². The van der Waals surface area contributed by atoms with Crippen molar-refractivity contribution in [3.63, 3.8) is 0 Å². The van der Waals surface area contributed by atoms with Crippen LogP contribution in [0.3, 0.4) is 0 Å². The summed E-state index contributed by atoms with van der Waals surface area (Å²) in [5.41, 5.74) is 2.34. The van der Waals surface area contributed by atoms with Crippen molar-refractivity contribution in [2.45, 2.75) is 45.3 Å². The second kappa shape index (κ2) is 5.75. The van der Waals surface area contributed by atoms with Gasteiger partial charge in [0.2, 0.25) is 0 Å². The topological polar surface area (TPSA) is 31.6 Å².